The van der Waals surface area contributed by atoms with Crippen molar-refractivity contribution >= 4 is 17.6 Å². The van der Waals surface area contributed by atoms with E-state index < -0.39 is 45.3 Å². The number of carboxylic acids is 1. The fourth-order valence-electron chi connectivity index (χ4n) is 1.79. The minimum Gasteiger partial charge on any atom is -0.478 e. The summed E-state index contributed by atoms with van der Waals surface area (Å²) in [7, 11) is 0. The second kappa shape index (κ2) is 6.18. The van der Waals surface area contributed by atoms with E-state index in [2.05, 4.69) is 0 Å². The molecule has 0 aliphatic heterocycles. The molecule has 0 atom stereocenters. The van der Waals surface area contributed by atoms with Crippen LogP contribution in [0.1, 0.15) is 21.5 Å². The lowest BCUT2D eigenvalue weighted by Gasteiger charge is -2.12. The maximum absolute atomic E-state index is 13.9. The molecule has 2 rings (SSSR count). The van der Waals surface area contributed by atoms with Crippen molar-refractivity contribution in [1.82, 2.24) is 0 Å². The molecule has 1 N–H and O–H groups in total. The van der Waals surface area contributed by atoms with Gasteiger partial charge in [0, 0.05) is 5.56 Å². The van der Waals surface area contributed by atoms with Crippen LogP contribution in [0.4, 0.5) is 13.2 Å². The van der Waals surface area contributed by atoms with Gasteiger partial charge >= 0.3 is 5.97 Å². The zero-order valence-corrected chi connectivity index (χ0v) is 12.2. The van der Waals surface area contributed by atoms with Gasteiger partial charge in [-0.3, -0.25) is 0 Å². The van der Waals surface area contributed by atoms with Gasteiger partial charge in [0.25, 0.3) is 0 Å². The highest BCUT2D eigenvalue weighted by molar-refractivity contribution is 6.32. The van der Waals surface area contributed by atoms with Crippen LogP contribution in [0.25, 0.3) is 0 Å². The fraction of sp³-hybridized carbons (Fsp3) is 0.0667. The minimum absolute atomic E-state index is 0.155. The van der Waals surface area contributed by atoms with Gasteiger partial charge in [-0.1, -0.05) is 11.6 Å². The molecule has 0 fully saturated rings. The summed E-state index contributed by atoms with van der Waals surface area (Å²) < 4.78 is 46.1. The first-order valence-electron chi connectivity index (χ1n) is 6.05. The molecule has 118 valence electrons. The molecule has 2 aromatic carbocycles. The van der Waals surface area contributed by atoms with Crippen LogP contribution in [-0.2, 0) is 0 Å². The van der Waals surface area contributed by atoms with Gasteiger partial charge < -0.3 is 9.84 Å². The Kier molecular flexibility index (Phi) is 4.48. The van der Waals surface area contributed by atoms with Gasteiger partial charge in [0.1, 0.15) is 16.8 Å². The zero-order chi connectivity index (χ0) is 17.3. The van der Waals surface area contributed by atoms with Crippen molar-refractivity contribution in [1.29, 1.82) is 5.26 Å². The summed E-state index contributed by atoms with van der Waals surface area (Å²) in [5, 5.41) is 17.0. The number of benzene rings is 2. The Morgan fingerprint density at radius 3 is 2.48 bits per heavy atom. The van der Waals surface area contributed by atoms with Crippen LogP contribution in [-0.4, -0.2) is 11.1 Å². The molecule has 4 nitrogen and oxygen atoms in total. The summed E-state index contributed by atoms with van der Waals surface area (Å²) in [5.74, 6) is -6.73. The van der Waals surface area contributed by atoms with Crippen molar-refractivity contribution < 1.29 is 27.8 Å². The van der Waals surface area contributed by atoms with E-state index in [1.165, 1.54) is 0 Å². The highest BCUT2D eigenvalue weighted by Crippen LogP contribution is 2.37. The highest BCUT2D eigenvalue weighted by atomic mass is 35.5. The summed E-state index contributed by atoms with van der Waals surface area (Å²) in [6, 6.07) is 4.85. The Morgan fingerprint density at radius 2 is 1.91 bits per heavy atom. The molecular weight excluding hydrogens is 335 g/mol. The van der Waals surface area contributed by atoms with E-state index >= 15 is 0 Å². The average Bonchev–Trinajstić information content (AvgIpc) is 2.54. The summed E-state index contributed by atoms with van der Waals surface area (Å²) in [4.78, 5) is 11.0. The van der Waals surface area contributed by atoms with Crippen LogP contribution in [0.15, 0.2) is 18.2 Å². The maximum atomic E-state index is 13.9. The van der Waals surface area contributed by atoms with Crippen molar-refractivity contribution in [3.05, 3.63) is 57.4 Å². The maximum Gasteiger partial charge on any atom is 0.337 e. The molecule has 0 unspecified atom stereocenters. The Morgan fingerprint density at radius 1 is 1.26 bits per heavy atom. The van der Waals surface area contributed by atoms with Gasteiger partial charge in [-0.05, 0) is 25.1 Å². The summed E-state index contributed by atoms with van der Waals surface area (Å²) in [6.07, 6.45) is 0. The van der Waals surface area contributed by atoms with E-state index in [-0.39, 0.29) is 11.3 Å². The predicted octanol–water partition coefficient (Wildman–Crippen LogP) is 4.43. The Labute approximate surface area is 133 Å². The third-order valence-electron chi connectivity index (χ3n) is 3.00. The third-order valence-corrected chi connectivity index (χ3v) is 3.34. The smallest absolute Gasteiger partial charge is 0.337 e. The molecule has 0 amide bonds. The number of halogens is 4. The molecule has 23 heavy (non-hydrogen) atoms. The highest BCUT2D eigenvalue weighted by Gasteiger charge is 2.24. The van der Waals surface area contributed by atoms with Crippen molar-refractivity contribution in [2.24, 2.45) is 0 Å². The standard InChI is InChI=1S/C15H7ClF3NO3/c1-6-11(17)10(16)14(13(19)12(6)18)23-8-3-2-7(5-20)9(4-8)15(21)22/h2-4H,1H3,(H,21,22). The molecule has 0 heterocycles. The van der Waals surface area contributed by atoms with Gasteiger partial charge in [0.15, 0.2) is 17.4 Å². The summed E-state index contributed by atoms with van der Waals surface area (Å²) in [6.45, 7) is 1.01. The number of hydrogen-bond donors (Lipinski definition) is 1. The number of aromatic carboxylic acids is 1. The van der Waals surface area contributed by atoms with Crippen LogP contribution in [0.2, 0.25) is 5.02 Å². The van der Waals surface area contributed by atoms with Gasteiger partial charge in [-0.25, -0.2) is 13.6 Å². The summed E-state index contributed by atoms with van der Waals surface area (Å²) >= 11 is 5.61. The van der Waals surface area contributed by atoms with Crippen molar-refractivity contribution in [3.63, 3.8) is 0 Å². The fourth-order valence-corrected chi connectivity index (χ4v) is 2.05. The van der Waals surface area contributed by atoms with Crippen LogP contribution in [0.3, 0.4) is 0 Å². The monoisotopic (exact) mass is 341 g/mol. The largest absolute Gasteiger partial charge is 0.478 e. The van der Waals surface area contributed by atoms with E-state index in [4.69, 9.17) is 26.7 Å². The SMILES string of the molecule is Cc1c(F)c(F)c(Oc2ccc(C#N)c(C(=O)O)c2)c(Cl)c1F. The first kappa shape index (κ1) is 16.6. The van der Waals surface area contributed by atoms with E-state index in [0.717, 1.165) is 25.1 Å². The lowest BCUT2D eigenvalue weighted by Crippen LogP contribution is -2.03. The van der Waals surface area contributed by atoms with E-state index in [1.807, 2.05) is 0 Å². The van der Waals surface area contributed by atoms with E-state index in [0.29, 0.717) is 0 Å². The molecule has 0 bridgehead atoms. The first-order chi connectivity index (χ1) is 10.8. The van der Waals surface area contributed by atoms with Crippen molar-refractivity contribution in [3.8, 4) is 17.6 Å². The Balaban J connectivity index is 2.55. The number of carboxylic acid groups (broad SMARTS) is 1. The Bertz CT molecular complexity index is 833. The number of hydrogen-bond acceptors (Lipinski definition) is 3. The third kappa shape index (κ3) is 2.94. The normalized spacial score (nSPS) is 10.3. The quantitative estimate of drug-likeness (QED) is 0.838. The Hall–Kier alpha value is -2.72. The molecule has 0 saturated carbocycles. The van der Waals surface area contributed by atoms with E-state index in [9.17, 15) is 18.0 Å². The van der Waals surface area contributed by atoms with Crippen molar-refractivity contribution in [2.45, 2.75) is 6.92 Å². The van der Waals surface area contributed by atoms with Gasteiger partial charge in [0.2, 0.25) is 5.82 Å². The van der Waals surface area contributed by atoms with Gasteiger partial charge in [-0.15, -0.1) is 0 Å². The number of nitrogens with zero attached hydrogens (tertiary/aromatic N) is 1. The lowest BCUT2D eigenvalue weighted by molar-refractivity contribution is 0.0696. The molecule has 8 heteroatoms. The van der Waals surface area contributed by atoms with Crippen LogP contribution in [0, 0.1) is 35.7 Å². The predicted molar refractivity (Wildman–Crippen MR) is 74.3 cm³/mol. The average molecular weight is 342 g/mol. The molecule has 0 saturated heterocycles. The number of nitriles is 1. The van der Waals surface area contributed by atoms with Crippen molar-refractivity contribution in [2.75, 3.05) is 0 Å². The number of ether oxygens (including phenoxy) is 1. The number of rotatable bonds is 3. The van der Waals surface area contributed by atoms with Crippen LogP contribution in [0.5, 0.6) is 11.5 Å². The van der Waals surface area contributed by atoms with Crippen LogP contribution < -0.4 is 4.74 Å². The lowest BCUT2D eigenvalue weighted by atomic mass is 10.1. The molecule has 0 aliphatic rings. The first-order valence-corrected chi connectivity index (χ1v) is 6.43. The molecule has 0 aromatic heterocycles. The van der Waals surface area contributed by atoms with Gasteiger partial charge in [-0.2, -0.15) is 9.65 Å². The van der Waals surface area contributed by atoms with E-state index in [1.54, 1.807) is 6.07 Å². The zero-order valence-electron chi connectivity index (χ0n) is 11.5. The summed E-state index contributed by atoms with van der Waals surface area (Å²) in [5.41, 5.74) is -1.17. The number of carbonyl (C=O) groups is 1. The molecular formula is C15H7ClF3NO3. The topological polar surface area (TPSA) is 70.3 Å². The second-order valence-electron chi connectivity index (χ2n) is 4.44. The van der Waals surface area contributed by atoms with Crippen LogP contribution >= 0.6 is 11.6 Å². The second-order valence-corrected chi connectivity index (χ2v) is 4.81. The molecule has 2 aromatic rings. The molecule has 0 radical (unpaired) electrons. The minimum atomic E-state index is -1.50. The van der Waals surface area contributed by atoms with Gasteiger partial charge in [0.05, 0.1) is 11.1 Å². The molecule has 0 spiro atoms. The molecule has 0 aliphatic carbocycles.